The van der Waals surface area contributed by atoms with Crippen LogP contribution in [0.25, 0.3) is 16.7 Å². The molecule has 0 atom stereocenters. The van der Waals surface area contributed by atoms with E-state index in [9.17, 15) is 8.78 Å². The van der Waals surface area contributed by atoms with Gasteiger partial charge in [0, 0.05) is 12.3 Å². The fraction of sp³-hybridized carbons (Fsp3) is 0. The minimum absolute atomic E-state index is 0.0619. The summed E-state index contributed by atoms with van der Waals surface area (Å²) in [5.41, 5.74) is 0.791. The van der Waals surface area contributed by atoms with Gasteiger partial charge in [-0.05, 0) is 23.7 Å². The van der Waals surface area contributed by atoms with Crippen molar-refractivity contribution in [1.82, 2.24) is 19.7 Å². The Morgan fingerprint density at radius 1 is 1.11 bits per heavy atom. The lowest BCUT2D eigenvalue weighted by molar-refractivity contribution is 0.507. The standard InChI is InChI=1S/C11H5ClF2N4/c12-11-15-4-6-5-16-18(10(6)17-11)7-1-2-8(13)9(14)3-7/h1-5H. The Bertz CT molecular complexity index is 741. The monoisotopic (exact) mass is 266 g/mol. The average molecular weight is 267 g/mol. The number of hydrogen-bond donors (Lipinski definition) is 0. The maximum absolute atomic E-state index is 13.2. The smallest absolute Gasteiger partial charge is 0.224 e. The van der Waals surface area contributed by atoms with Gasteiger partial charge in [-0.15, -0.1) is 0 Å². The van der Waals surface area contributed by atoms with Crippen molar-refractivity contribution >= 4 is 22.6 Å². The Balaban J connectivity index is 2.24. The van der Waals surface area contributed by atoms with Crippen molar-refractivity contribution in [1.29, 1.82) is 0 Å². The number of halogens is 3. The van der Waals surface area contributed by atoms with E-state index in [1.807, 2.05) is 0 Å². The minimum Gasteiger partial charge on any atom is -0.226 e. The molecule has 0 saturated heterocycles. The summed E-state index contributed by atoms with van der Waals surface area (Å²) in [6, 6.07) is 3.47. The molecule has 0 bridgehead atoms. The van der Waals surface area contributed by atoms with Gasteiger partial charge in [-0.3, -0.25) is 0 Å². The Morgan fingerprint density at radius 3 is 2.72 bits per heavy atom. The zero-order chi connectivity index (χ0) is 12.7. The lowest BCUT2D eigenvalue weighted by Gasteiger charge is -2.03. The molecular weight excluding hydrogens is 262 g/mol. The predicted molar refractivity (Wildman–Crippen MR) is 61.6 cm³/mol. The number of nitrogens with zero attached hydrogens (tertiary/aromatic N) is 4. The minimum atomic E-state index is -0.948. The second kappa shape index (κ2) is 3.99. The highest BCUT2D eigenvalue weighted by Gasteiger charge is 2.10. The van der Waals surface area contributed by atoms with Crippen LogP contribution in [0.15, 0.2) is 30.6 Å². The molecule has 0 radical (unpaired) electrons. The maximum Gasteiger partial charge on any atom is 0.224 e. The van der Waals surface area contributed by atoms with E-state index in [2.05, 4.69) is 15.1 Å². The van der Waals surface area contributed by atoms with Gasteiger partial charge in [0.2, 0.25) is 5.28 Å². The summed E-state index contributed by atoms with van der Waals surface area (Å²) >= 11 is 5.69. The molecule has 3 aromatic rings. The van der Waals surface area contributed by atoms with Gasteiger partial charge in [0.05, 0.1) is 17.3 Å². The zero-order valence-electron chi connectivity index (χ0n) is 8.81. The van der Waals surface area contributed by atoms with Crippen molar-refractivity contribution in [2.24, 2.45) is 0 Å². The maximum atomic E-state index is 13.2. The number of fused-ring (bicyclic) bond motifs is 1. The van der Waals surface area contributed by atoms with Crippen LogP contribution >= 0.6 is 11.6 Å². The van der Waals surface area contributed by atoms with Crippen molar-refractivity contribution in [2.45, 2.75) is 0 Å². The highest BCUT2D eigenvalue weighted by atomic mass is 35.5. The van der Waals surface area contributed by atoms with Crippen LogP contribution in [-0.4, -0.2) is 19.7 Å². The molecule has 7 heteroatoms. The van der Waals surface area contributed by atoms with E-state index in [-0.39, 0.29) is 5.28 Å². The summed E-state index contributed by atoms with van der Waals surface area (Å²) in [6.07, 6.45) is 3.03. The van der Waals surface area contributed by atoms with Crippen molar-refractivity contribution in [3.8, 4) is 5.69 Å². The van der Waals surface area contributed by atoms with Gasteiger partial charge in [0.25, 0.3) is 0 Å². The van der Waals surface area contributed by atoms with Gasteiger partial charge in [0.1, 0.15) is 0 Å². The van der Waals surface area contributed by atoms with Crippen LogP contribution in [0, 0.1) is 11.6 Å². The first kappa shape index (κ1) is 11.0. The Labute approximate surface area is 105 Å². The van der Waals surface area contributed by atoms with Gasteiger partial charge in [-0.2, -0.15) is 10.1 Å². The van der Waals surface area contributed by atoms with Crippen LogP contribution in [0.1, 0.15) is 0 Å². The molecule has 0 amide bonds. The average Bonchev–Trinajstić information content (AvgIpc) is 2.75. The normalized spacial score (nSPS) is 11.1. The van der Waals surface area contributed by atoms with Crippen molar-refractivity contribution in [2.75, 3.05) is 0 Å². The third-order valence-corrected chi connectivity index (χ3v) is 2.61. The Kier molecular flexibility index (Phi) is 2.45. The SMILES string of the molecule is Fc1ccc(-n2ncc3cnc(Cl)nc32)cc1F. The van der Waals surface area contributed by atoms with Gasteiger partial charge in [0.15, 0.2) is 17.3 Å². The third-order valence-electron chi connectivity index (χ3n) is 2.43. The molecule has 1 aromatic carbocycles. The fourth-order valence-electron chi connectivity index (χ4n) is 1.60. The summed E-state index contributed by atoms with van der Waals surface area (Å²) < 4.78 is 27.4. The van der Waals surface area contributed by atoms with Crippen LogP contribution in [0.2, 0.25) is 5.28 Å². The van der Waals surface area contributed by atoms with E-state index >= 15 is 0 Å². The quantitative estimate of drug-likeness (QED) is 0.636. The van der Waals surface area contributed by atoms with E-state index < -0.39 is 11.6 Å². The summed E-state index contributed by atoms with van der Waals surface area (Å²) in [5.74, 6) is -1.86. The van der Waals surface area contributed by atoms with E-state index in [1.54, 1.807) is 0 Å². The second-order valence-corrected chi connectivity index (χ2v) is 3.91. The Morgan fingerprint density at radius 2 is 1.94 bits per heavy atom. The molecule has 0 N–H and O–H groups in total. The topological polar surface area (TPSA) is 43.6 Å². The molecule has 18 heavy (non-hydrogen) atoms. The number of aromatic nitrogens is 4. The molecule has 4 nitrogen and oxygen atoms in total. The summed E-state index contributed by atoms with van der Waals surface area (Å²) in [6.45, 7) is 0. The van der Waals surface area contributed by atoms with Crippen LogP contribution in [0.5, 0.6) is 0 Å². The predicted octanol–water partition coefficient (Wildman–Crippen LogP) is 2.75. The lowest BCUT2D eigenvalue weighted by Crippen LogP contribution is -1.99. The van der Waals surface area contributed by atoms with Gasteiger partial charge >= 0.3 is 0 Å². The molecule has 3 rings (SSSR count). The largest absolute Gasteiger partial charge is 0.226 e. The summed E-state index contributed by atoms with van der Waals surface area (Å²) in [4.78, 5) is 7.82. The van der Waals surface area contributed by atoms with E-state index in [4.69, 9.17) is 11.6 Å². The first-order chi connectivity index (χ1) is 8.65. The molecular formula is C11H5ClF2N4. The van der Waals surface area contributed by atoms with E-state index in [0.717, 1.165) is 12.1 Å². The molecule has 0 fully saturated rings. The van der Waals surface area contributed by atoms with Crippen LogP contribution in [-0.2, 0) is 0 Å². The number of benzene rings is 1. The number of rotatable bonds is 1. The molecule has 2 heterocycles. The molecule has 2 aromatic heterocycles. The fourth-order valence-corrected chi connectivity index (χ4v) is 1.73. The van der Waals surface area contributed by atoms with Crippen molar-refractivity contribution in [3.63, 3.8) is 0 Å². The summed E-state index contributed by atoms with van der Waals surface area (Å²) in [7, 11) is 0. The Hall–Kier alpha value is -2.08. The second-order valence-electron chi connectivity index (χ2n) is 3.57. The van der Waals surface area contributed by atoms with Crippen molar-refractivity contribution in [3.05, 3.63) is 47.5 Å². The zero-order valence-corrected chi connectivity index (χ0v) is 9.57. The molecule has 0 aliphatic rings. The first-order valence-corrected chi connectivity index (χ1v) is 5.34. The van der Waals surface area contributed by atoms with Crippen LogP contribution < -0.4 is 0 Å². The number of hydrogen-bond acceptors (Lipinski definition) is 3. The molecule has 0 aliphatic carbocycles. The third kappa shape index (κ3) is 1.70. The van der Waals surface area contributed by atoms with Gasteiger partial charge in [-0.1, -0.05) is 0 Å². The first-order valence-electron chi connectivity index (χ1n) is 4.97. The molecule has 0 saturated carbocycles. The molecule has 90 valence electrons. The van der Waals surface area contributed by atoms with E-state index in [1.165, 1.54) is 23.1 Å². The van der Waals surface area contributed by atoms with Gasteiger partial charge < -0.3 is 0 Å². The highest BCUT2D eigenvalue weighted by molar-refractivity contribution is 6.28. The van der Waals surface area contributed by atoms with Crippen LogP contribution in [0.4, 0.5) is 8.78 Å². The molecule has 0 spiro atoms. The summed E-state index contributed by atoms with van der Waals surface area (Å²) in [5, 5.41) is 4.76. The van der Waals surface area contributed by atoms with Crippen LogP contribution in [0.3, 0.4) is 0 Å². The highest BCUT2D eigenvalue weighted by Crippen LogP contribution is 2.18. The molecule has 0 unspecified atom stereocenters. The van der Waals surface area contributed by atoms with E-state index in [0.29, 0.717) is 16.7 Å². The van der Waals surface area contributed by atoms with Crippen molar-refractivity contribution < 1.29 is 8.78 Å². The lowest BCUT2D eigenvalue weighted by atomic mass is 10.3. The molecule has 0 aliphatic heterocycles. The van der Waals surface area contributed by atoms with Gasteiger partial charge in [-0.25, -0.2) is 18.4 Å².